The fourth-order valence-corrected chi connectivity index (χ4v) is 4.51. The molecule has 0 unspecified atom stereocenters. The van der Waals surface area contributed by atoms with Crippen molar-refractivity contribution >= 4 is 21.2 Å². The van der Waals surface area contributed by atoms with E-state index < -0.39 is 9.84 Å². The Bertz CT molecular complexity index is 806. The lowest BCUT2D eigenvalue weighted by molar-refractivity contribution is 0.520. The van der Waals surface area contributed by atoms with Crippen molar-refractivity contribution in [3.8, 4) is 11.3 Å². The van der Waals surface area contributed by atoms with Gasteiger partial charge in [-0.05, 0) is 12.1 Å². The average Bonchev–Trinajstić information content (AvgIpc) is 3.10. The molecule has 0 aliphatic heterocycles. The predicted octanol–water partition coefficient (Wildman–Crippen LogP) is 3.52. The lowest BCUT2D eigenvalue weighted by atomic mass is 10.2. The number of furan rings is 1. The van der Waals surface area contributed by atoms with Crippen LogP contribution in [0.2, 0.25) is 0 Å². The van der Waals surface area contributed by atoms with Gasteiger partial charge in [0.25, 0.3) is 0 Å². The second-order valence-electron chi connectivity index (χ2n) is 4.60. The van der Waals surface area contributed by atoms with Gasteiger partial charge in [0.05, 0.1) is 12.0 Å². The van der Waals surface area contributed by atoms with Gasteiger partial charge in [-0.3, -0.25) is 0 Å². The van der Waals surface area contributed by atoms with Crippen molar-refractivity contribution in [2.75, 3.05) is 0 Å². The molecule has 6 heteroatoms. The molecule has 3 aromatic rings. The summed E-state index contributed by atoms with van der Waals surface area (Å²) >= 11 is 1.36. The highest BCUT2D eigenvalue weighted by Gasteiger charge is 2.17. The minimum Gasteiger partial charge on any atom is -0.468 e. The van der Waals surface area contributed by atoms with Gasteiger partial charge in [0, 0.05) is 10.9 Å². The van der Waals surface area contributed by atoms with Crippen molar-refractivity contribution in [1.29, 1.82) is 0 Å². The average molecular weight is 319 g/mol. The lowest BCUT2D eigenvalue weighted by Gasteiger charge is -1.99. The molecule has 0 N–H and O–H groups in total. The van der Waals surface area contributed by atoms with Crippen LogP contribution in [0.4, 0.5) is 0 Å². The first-order valence-electron chi connectivity index (χ1n) is 6.35. The molecule has 4 nitrogen and oxygen atoms in total. The Hall–Kier alpha value is -1.92. The van der Waals surface area contributed by atoms with Crippen LogP contribution in [0.15, 0.2) is 58.5 Å². The summed E-state index contributed by atoms with van der Waals surface area (Å²) in [5, 5.41) is 2.48. The minimum absolute atomic E-state index is 0.0643. The van der Waals surface area contributed by atoms with Crippen LogP contribution in [0.25, 0.3) is 11.3 Å². The normalized spacial score (nSPS) is 11.6. The van der Waals surface area contributed by atoms with Crippen LogP contribution in [-0.4, -0.2) is 13.4 Å². The third kappa shape index (κ3) is 3.59. The molecule has 0 fully saturated rings. The molecule has 0 amide bonds. The fraction of sp³-hybridized carbons (Fsp3) is 0.133. The van der Waals surface area contributed by atoms with Gasteiger partial charge >= 0.3 is 0 Å². The highest BCUT2D eigenvalue weighted by atomic mass is 32.2. The van der Waals surface area contributed by atoms with E-state index in [0.717, 1.165) is 11.3 Å². The molecule has 3 rings (SSSR count). The van der Waals surface area contributed by atoms with E-state index in [4.69, 9.17) is 4.42 Å². The van der Waals surface area contributed by atoms with Crippen LogP contribution < -0.4 is 0 Å². The topological polar surface area (TPSA) is 60.2 Å². The molecule has 0 spiro atoms. The molecule has 2 aromatic heterocycles. The smallest absolute Gasteiger partial charge is 0.164 e. The Morgan fingerprint density at radius 2 is 1.86 bits per heavy atom. The van der Waals surface area contributed by atoms with E-state index in [1.807, 2.05) is 35.7 Å². The first-order valence-corrected chi connectivity index (χ1v) is 9.05. The van der Waals surface area contributed by atoms with Gasteiger partial charge in [0.1, 0.15) is 22.3 Å². The molecule has 0 atom stereocenters. The number of rotatable bonds is 5. The van der Waals surface area contributed by atoms with Gasteiger partial charge in [-0.1, -0.05) is 30.3 Å². The van der Waals surface area contributed by atoms with E-state index >= 15 is 0 Å². The summed E-state index contributed by atoms with van der Waals surface area (Å²) in [6.07, 6.45) is 1.47. The van der Waals surface area contributed by atoms with Crippen molar-refractivity contribution in [2.24, 2.45) is 0 Å². The lowest BCUT2D eigenvalue weighted by Crippen LogP contribution is -2.06. The van der Waals surface area contributed by atoms with E-state index in [1.165, 1.54) is 17.6 Å². The summed E-state index contributed by atoms with van der Waals surface area (Å²) in [6, 6.07) is 13.1. The maximum absolute atomic E-state index is 12.1. The number of benzene rings is 1. The zero-order chi connectivity index (χ0) is 14.7. The first-order chi connectivity index (χ1) is 10.1. The summed E-state index contributed by atoms with van der Waals surface area (Å²) < 4.78 is 29.3. The number of nitrogens with zero attached hydrogens (tertiary/aromatic N) is 1. The van der Waals surface area contributed by atoms with Gasteiger partial charge < -0.3 is 4.42 Å². The Morgan fingerprint density at radius 3 is 2.57 bits per heavy atom. The molecule has 0 saturated heterocycles. The predicted molar refractivity (Wildman–Crippen MR) is 82.6 cm³/mol. The van der Waals surface area contributed by atoms with Crippen molar-refractivity contribution in [2.45, 2.75) is 11.5 Å². The van der Waals surface area contributed by atoms with Crippen molar-refractivity contribution < 1.29 is 12.8 Å². The van der Waals surface area contributed by atoms with E-state index in [1.54, 1.807) is 12.1 Å². The molecule has 108 valence electrons. The number of sulfone groups is 1. The van der Waals surface area contributed by atoms with Crippen LogP contribution in [0.5, 0.6) is 0 Å². The molecule has 2 heterocycles. The second-order valence-corrected chi connectivity index (χ2v) is 7.61. The number of aromatic nitrogens is 1. The van der Waals surface area contributed by atoms with Gasteiger partial charge in [0.2, 0.25) is 0 Å². The maximum Gasteiger partial charge on any atom is 0.164 e. The van der Waals surface area contributed by atoms with Gasteiger partial charge in [-0.15, -0.1) is 11.3 Å². The molecule has 21 heavy (non-hydrogen) atoms. The third-order valence-electron chi connectivity index (χ3n) is 2.91. The van der Waals surface area contributed by atoms with Gasteiger partial charge in [-0.25, -0.2) is 13.4 Å². The standard InChI is InChI=1S/C15H13NO3S2/c17-21(18,10-13-7-4-8-19-13)11-15-16-14(9-20-15)12-5-2-1-3-6-12/h1-9H,10-11H2. The zero-order valence-electron chi connectivity index (χ0n) is 11.1. The Labute approximate surface area is 127 Å². The quantitative estimate of drug-likeness (QED) is 0.722. The highest BCUT2D eigenvalue weighted by Crippen LogP contribution is 2.23. The highest BCUT2D eigenvalue weighted by molar-refractivity contribution is 7.89. The first kappa shape index (κ1) is 14.0. The molecular weight excluding hydrogens is 306 g/mol. The molecule has 0 aliphatic rings. The largest absolute Gasteiger partial charge is 0.468 e. The number of hydrogen-bond acceptors (Lipinski definition) is 5. The van der Waals surface area contributed by atoms with E-state index in [9.17, 15) is 8.42 Å². The van der Waals surface area contributed by atoms with E-state index in [2.05, 4.69) is 4.98 Å². The summed E-state index contributed by atoms with van der Waals surface area (Å²) in [5.74, 6) is 0.292. The molecule has 0 radical (unpaired) electrons. The third-order valence-corrected chi connectivity index (χ3v) is 5.38. The summed E-state index contributed by atoms with van der Waals surface area (Å²) in [6.45, 7) is 0. The van der Waals surface area contributed by atoms with Crippen LogP contribution >= 0.6 is 11.3 Å². The molecule has 0 saturated carbocycles. The van der Waals surface area contributed by atoms with E-state index in [0.29, 0.717) is 10.8 Å². The van der Waals surface area contributed by atoms with Crippen LogP contribution in [0, 0.1) is 0 Å². The maximum atomic E-state index is 12.1. The molecule has 0 bridgehead atoms. The fourth-order valence-electron chi connectivity index (χ4n) is 1.97. The molecule has 0 aliphatic carbocycles. The number of thiazole rings is 1. The molecule has 1 aromatic carbocycles. The van der Waals surface area contributed by atoms with Gasteiger partial charge in [0.15, 0.2) is 9.84 Å². The van der Waals surface area contributed by atoms with Gasteiger partial charge in [-0.2, -0.15) is 0 Å². The number of hydrogen-bond donors (Lipinski definition) is 0. The van der Waals surface area contributed by atoms with Crippen LogP contribution in [0.1, 0.15) is 10.8 Å². The van der Waals surface area contributed by atoms with Crippen molar-refractivity contribution in [3.63, 3.8) is 0 Å². The Kier molecular flexibility index (Phi) is 3.90. The van der Waals surface area contributed by atoms with Crippen LogP contribution in [-0.2, 0) is 21.3 Å². The second kappa shape index (κ2) is 5.83. The summed E-state index contributed by atoms with van der Waals surface area (Å²) in [5.41, 5.74) is 1.80. The Balaban J connectivity index is 1.75. The van der Waals surface area contributed by atoms with Crippen LogP contribution in [0.3, 0.4) is 0 Å². The minimum atomic E-state index is -3.27. The van der Waals surface area contributed by atoms with Crippen molar-refractivity contribution in [1.82, 2.24) is 4.98 Å². The zero-order valence-corrected chi connectivity index (χ0v) is 12.7. The SMILES string of the molecule is O=S(=O)(Cc1ccco1)Cc1nc(-c2ccccc2)cs1. The molecular formula is C15H13NO3S2. The van der Waals surface area contributed by atoms with Crippen molar-refractivity contribution in [3.05, 3.63) is 64.9 Å². The monoisotopic (exact) mass is 319 g/mol. The summed E-state index contributed by atoms with van der Waals surface area (Å²) in [4.78, 5) is 4.40. The van der Waals surface area contributed by atoms with E-state index in [-0.39, 0.29) is 11.5 Å². The Morgan fingerprint density at radius 1 is 1.05 bits per heavy atom. The summed E-state index contributed by atoms with van der Waals surface area (Å²) in [7, 11) is -3.27.